The van der Waals surface area contributed by atoms with Crippen molar-refractivity contribution in [3.63, 3.8) is 0 Å². The van der Waals surface area contributed by atoms with Crippen LogP contribution < -0.4 is 5.73 Å². The lowest BCUT2D eigenvalue weighted by Crippen LogP contribution is -1.81. The first-order chi connectivity index (χ1) is 3.15. The molecule has 0 bridgehead atoms. The summed E-state index contributed by atoms with van der Waals surface area (Å²) >= 11 is 0. The lowest BCUT2D eigenvalue weighted by atomic mass is 10.6. The maximum atomic E-state index is 9.44. The highest BCUT2D eigenvalue weighted by atomic mass is 16.1. The van der Waals surface area contributed by atoms with Gasteiger partial charge in [0.25, 0.3) is 0 Å². The Bertz CT molecular complexity index is 56.7. The standard InChI is InChI=1S/C3H6O.CH4N2/c1-3(2)4;2-1-3/h1-2H3;1H,(H3,2,3). The molecule has 0 aliphatic carbocycles. The molecular formula is C4H10N2O. The van der Waals surface area contributed by atoms with Crippen molar-refractivity contribution in [2.24, 2.45) is 5.73 Å². The van der Waals surface area contributed by atoms with Crippen LogP contribution in [-0.2, 0) is 4.79 Å². The van der Waals surface area contributed by atoms with Crippen LogP contribution in [-0.4, -0.2) is 12.1 Å². The van der Waals surface area contributed by atoms with E-state index in [1.807, 2.05) is 0 Å². The van der Waals surface area contributed by atoms with Crippen LogP contribution in [0.1, 0.15) is 13.8 Å². The molecule has 0 atom stereocenters. The van der Waals surface area contributed by atoms with Gasteiger partial charge in [-0.1, -0.05) is 0 Å². The minimum absolute atomic E-state index is 0.167. The van der Waals surface area contributed by atoms with Crippen LogP contribution in [0.4, 0.5) is 0 Å². The summed E-state index contributed by atoms with van der Waals surface area (Å²) in [6, 6.07) is 0. The van der Waals surface area contributed by atoms with Crippen molar-refractivity contribution in [1.82, 2.24) is 0 Å². The molecule has 3 N–H and O–H groups in total. The minimum Gasteiger partial charge on any atom is -0.390 e. The van der Waals surface area contributed by atoms with Crippen molar-refractivity contribution in [2.45, 2.75) is 13.8 Å². The number of carbonyl (C=O) groups excluding carboxylic acids is 1. The van der Waals surface area contributed by atoms with E-state index in [-0.39, 0.29) is 5.78 Å². The van der Waals surface area contributed by atoms with E-state index in [0.717, 1.165) is 6.34 Å². The van der Waals surface area contributed by atoms with Crippen molar-refractivity contribution >= 4 is 12.1 Å². The maximum absolute atomic E-state index is 9.44. The Labute approximate surface area is 43.0 Å². The molecule has 0 saturated heterocycles. The molecule has 7 heavy (non-hydrogen) atoms. The second-order valence-electron chi connectivity index (χ2n) is 1.07. The number of rotatable bonds is 0. The molecule has 3 heteroatoms. The predicted octanol–water partition coefficient (Wildman–Crippen LogP) is 0.147. The molecule has 0 aliphatic heterocycles. The molecule has 42 valence electrons. The summed E-state index contributed by atoms with van der Waals surface area (Å²) in [5, 5.41) is 5.86. The average Bonchev–Trinajstić information content (AvgIpc) is 1.33. The van der Waals surface area contributed by atoms with Crippen molar-refractivity contribution in [2.75, 3.05) is 0 Å². The third kappa shape index (κ3) is 68.5. The zero-order chi connectivity index (χ0) is 6.28. The number of ketones is 1. The van der Waals surface area contributed by atoms with Crippen molar-refractivity contribution in [3.05, 3.63) is 0 Å². The predicted molar refractivity (Wildman–Crippen MR) is 29.3 cm³/mol. The number of carbonyl (C=O) groups is 1. The fraction of sp³-hybridized carbons (Fsp3) is 0.500. The lowest BCUT2D eigenvalue weighted by molar-refractivity contribution is -0.114. The zero-order valence-corrected chi connectivity index (χ0v) is 4.56. The Balaban J connectivity index is 0. The third-order valence-electron chi connectivity index (χ3n) is 0. The van der Waals surface area contributed by atoms with Gasteiger partial charge in [0, 0.05) is 0 Å². The van der Waals surface area contributed by atoms with Crippen LogP contribution in [0.5, 0.6) is 0 Å². The van der Waals surface area contributed by atoms with Crippen LogP contribution in [0.2, 0.25) is 0 Å². The number of nitrogens with two attached hydrogens (primary N) is 1. The molecule has 3 nitrogen and oxygen atoms in total. The van der Waals surface area contributed by atoms with Gasteiger partial charge in [0.1, 0.15) is 5.78 Å². The SMILES string of the molecule is CC(C)=O.N=CN. The van der Waals surface area contributed by atoms with Crippen LogP contribution >= 0.6 is 0 Å². The van der Waals surface area contributed by atoms with Gasteiger partial charge in [-0.3, -0.25) is 5.41 Å². The van der Waals surface area contributed by atoms with E-state index in [2.05, 4.69) is 5.73 Å². The van der Waals surface area contributed by atoms with Gasteiger partial charge in [0.15, 0.2) is 0 Å². The van der Waals surface area contributed by atoms with Gasteiger partial charge >= 0.3 is 0 Å². The molecule has 0 spiro atoms. The summed E-state index contributed by atoms with van der Waals surface area (Å²) in [7, 11) is 0. The van der Waals surface area contributed by atoms with E-state index < -0.39 is 0 Å². The Morgan fingerprint density at radius 3 is 1.71 bits per heavy atom. The number of Topliss-reactive ketones (excluding diaryl/α,β-unsaturated/α-hetero) is 1. The van der Waals surface area contributed by atoms with Gasteiger partial charge in [0.2, 0.25) is 0 Å². The molecule has 0 aromatic carbocycles. The van der Waals surface area contributed by atoms with Crippen molar-refractivity contribution < 1.29 is 4.79 Å². The molecule has 0 radical (unpaired) electrons. The first kappa shape index (κ1) is 9.46. The summed E-state index contributed by atoms with van der Waals surface area (Å²) in [5.41, 5.74) is 4.39. The molecule has 0 rings (SSSR count). The molecule has 0 aromatic heterocycles. The average molecular weight is 102 g/mol. The van der Waals surface area contributed by atoms with E-state index >= 15 is 0 Å². The molecule has 0 aliphatic rings. The summed E-state index contributed by atoms with van der Waals surface area (Å²) in [6.45, 7) is 3.06. The van der Waals surface area contributed by atoms with Gasteiger partial charge < -0.3 is 10.5 Å². The quantitative estimate of drug-likeness (QED) is 0.337. The number of hydrogen-bond acceptors (Lipinski definition) is 2. The second-order valence-corrected chi connectivity index (χ2v) is 1.07. The first-order valence-electron chi connectivity index (χ1n) is 1.83. The van der Waals surface area contributed by atoms with Gasteiger partial charge in [-0.2, -0.15) is 0 Å². The Hall–Kier alpha value is -0.860. The highest BCUT2D eigenvalue weighted by Crippen LogP contribution is 1.50. The molecule has 0 amide bonds. The monoisotopic (exact) mass is 102 g/mol. The zero-order valence-electron chi connectivity index (χ0n) is 4.56. The largest absolute Gasteiger partial charge is 0.390 e. The highest BCUT2D eigenvalue weighted by molar-refractivity contribution is 5.72. The molecule has 0 saturated carbocycles. The summed E-state index contributed by atoms with van der Waals surface area (Å²) < 4.78 is 0. The van der Waals surface area contributed by atoms with Gasteiger partial charge in [0.05, 0.1) is 6.34 Å². The summed E-state index contributed by atoms with van der Waals surface area (Å²) in [4.78, 5) is 9.44. The number of hydrogen-bond donors (Lipinski definition) is 2. The van der Waals surface area contributed by atoms with E-state index in [4.69, 9.17) is 5.41 Å². The van der Waals surface area contributed by atoms with Gasteiger partial charge in [-0.25, -0.2) is 0 Å². The smallest absolute Gasteiger partial charge is 0.126 e. The fourth-order valence-corrected chi connectivity index (χ4v) is 0. The molecule has 0 aromatic rings. The normalized spacial score (nSPS) is 5.43. The Morgan fingerprint density at radius 2 is 1.71 bits per heavy atom. The minimum atomic E-state index is 0.167. The topological polar surface area (TPSA) is 66.9 Å². The fourth-order valence-electron chi connectivity index (χ4n) is 0. The Morgan fingerprint density at radius 1 is 1.71 bits per heavy atom. The molecular weight excluding hydrogens is 92.1 g/mol. The highest BCUT2D eigenvalue weighted by Gasteiger charge is 1.62. The molecule has 0 heterocycles. The maximum Gasteiger partial charge on any atom is 0.126 e. The lowest BCUT2D eigenvalue weighted by Gasteiger charge is -1.56. The van der Waals surface area contributed by atoms with Crippen molar-refractivity contribution in [3.8, 4) is 0 Å². The first-order valence-corrected chi connectivity index (χ1v) is 1.83. The van der Waals surface area contributed by atoms with E-state index in [1.54, 1.807) is 0 Å². The molecule has 0 unspecified atom stereocenters. The van der Waals surface area contributed by atoms with Gasteiger partial charge in [-0.15, -0.1) is 0 Å². The van der Waals surface area contributed by atoms with Crippen LogP contribution in [0.25, 0.3) is 0 Å². The summed E-state index contributed by atoms with van der Waals surface area (Å²) in [6.07, 6.45) is 0.750. The summed E-state index contributed by atoms with van der Waals surface area (Å²) in [5.74, 6) is 0.167. The molecule has 0 fully saturated rings. The van der Waals surface area contributed by atoms with E-state index in [9.17, 15) is 4.79 Å². The second kappa shape index (κ2) is 8.94. The van der Waals surface area contributed by atoms with Gasteiger partial charge in [-0.05, 0) is 13.8 Å². The Kier molecular flexibility index (Phi) is 12.1. The number of nitrogens with one attached hydrogen (secondary N) is 1. The van der Waals surface area contributed by atoms with E-state index in [1.165, 1.54) is 13.8 Å². The van der Waals surface area contributed by atoms with E-state index in [0.29, 0.717) is 0 Å². The van der Waals surface area contributed by atoms with Crippen LogP contribution in [0.15, 0.2) is 0 Å². The van der Waals surface area contributed by atoms with Crippen molar-refractivity contribution in [1.29, 1.82) is 5.41 Å². The van der Waals surface area contributed by atoms with Crippen LogP contribution in [0, 0.1) is 5.41 Å². The van der Waals surface area contributed by atoms with Crippen LogP contribution in [0.3, 0.4) is 0 Å². The third-order valence-corrected chi connectivity index (χ3v) is 0.